The second-order valence-electron chi connectivity index (χ2n) is 4.05. The molecule has 4 heteroatoms. The Balaban J connectivity index is 2.08. The second kappa shape index (κ2) is 6.77. The van der Waals surface area contributed by atoms with Gasteiger partial charge in [0.05, 0.1) is 13.7 Å². The molecule has 0 aliphatic carbocycles. The minimum absolute atomic E-state index is 0.0702. The van der Waals surface area contributed by atoms with Gasteiger partial charge in [0.15, 0.2) is 0 Å². The van der Waals surface area contributed by atoms with Gasteiger partial charge in [-0.2, -0.15) is 0 Å². The third-order valence-corrected chi connectivity index (χ3v) is 3.46. The van der Waals surface area contributed by atoms with E-state index < -0.39 is 0 Å². The molecule has 2 aromatic carbocycles. The molecular weight excluding hydrogens is 355 g/mol. The summed E-state index contributed by atoms with van der Waals surface area (Å²) < 4.78 is 12.1. The van der Waals surface area contributed by atoms with Crippen molar-refractivity contribution < 1.29 is 14.6 Å². The lowest BCUT2D eigenvalue weighted by molar-refractivity contribution is 0.258. The molecular formula is C15H15IO3. The fourth-order valence-electron chi connectivity index (χ4n) is 1.69. The Hall–Kier alpha value is -1.27. The van der Waals surface area contributed by atoms with Gasteiger partial charge < -0.3 is 14.6 Å². The number of halogens is 1. The van der Waals surface area contributed by atoms with Crippen LogP contribution in [-0.2, 0) is 13.2 Å². The van der Waals surface area contributed by atoms with E-state index in [9.17, 15) is 5.11 Å². The number of aliphatic hydroxyl groups excluding tert-OH is 1. The van der Waals surface area contributed by atoms with E-state index >= 15 is 0 Å². The van der Waals surface area contributed by atoms with Crippen LogP contribution in [0, 0.1) is 3.57 Å². The van der Waals surface area contributed by atoms with Crippen molar-refractivity contribution in [3.63, 3.8) is 0 Å². The maximum atomic E-state index is 9.34. The van der Waals surface area contributed by atoms with Gasteiger partial charge in [-0.3, -0.25) is 0 Å². The molecule has 0 saturated heterocycles. The molecule has 0 bridgehead atoms. The van der Waals surface area contributed by atoms with Crippen molar-refractivity contribution in [2.45, 2.75) is 13.2 Å². The number of aliphatic hydroxyl groups is 1. The molecule has 0 aliphatic rings. The van der Waals surface area contributed by atoms with Gasteiger partial charge in [0, 0.05) is 9.13 Å². The van der Waals surface area contributed by atoms with Crippen molar-refractivity contribution in [1.29, 1.82) is 0 Å². The molecule has 2 aromatic rings. The van der Waals surface area contributed by atoms with Crippen LogP contribution in [0.5, 0.6) is 11.5 Å². The largest absolute Gasteiger partial charge is 0.497 e. The maximum absolute atomic E-state index is 9.34. The lowest BCUT2D eigenvalue weighted by Gasteiger charge is -2.11. The van der Waals surface area contributed by atoms with Crippen LogP contribution in [0.15, 0.2) is 42.5 Å². The first-order valence-corrected chi connectivity index (χ1v) is 6.96. The first-order valence-electron chi connectivity index (χ1n) is 5.88. The van der Waals surface area contributed by atoms with Crippen LogP contribution in [0.2, 0.25) is 0 Å². The molecule has 100 valence electrons. The Bertz CT molecular complexity index is 538. The highest BCUT2D eigenvalue weighted by Crippen LogP contribution is 2.25. The Morgan fingerprint density at radius 2 is 1.84 bits per heavy atom. The standard InChI is InChI=1S/C15H15IO3/c1-18-14-6-7-15(12(8-14)9-17)19-10-11-2-4-13(16)5-3-11/h2-8,17H,9-10H2,1H3. The predicted molar refractivity (Wildman–Crippen MR) is 82.4 cm³/mol. The van der Waals surface area contributed by atoms with Gasteiger partial charge in [0.2, 0.25) is 0 Å². The molecule has 0 fully saturated rings. The fraction of sp³-hybridized carbons (Fsp3) is 0.200. The Labute approximate surface area is 126 Å². The summed E-state index contributed by atoms with van der Waals surface area (Å²) in [5.41, 5.74) is 1.82. The van der Waals surface area contributed by atoms with Crippen LogP contribution >= 0.6 is 22.6 Å². The fourth-order valence-corrected chi connectivity index (χ4v) is 2.05. The zero-order valence-electron chi connectivity index (χ0n) is 10.6. The maximum Gasteiger partial charge on any atom is 0.125 e. The van der Waals surface area contributed by atoms with Crippen molar-refractivity contribution >= 4 is 22.6 Å². The first kappa shape index (κ1) is 14.1. The molecule has 0 saturated carbocycles. The van der Waals surface area contributed by atoms with Gasteiger partial charge in [-0.1, -0.05) is 12.1 Å². The minimum atomic E-state index is -0.0702. The van der Waals surface area contributed by atoms with E-state index in [4.69, 9.17) is 9.47 Å². The summed E-state index contributed by atoms with van der Waals surface area (Å²) in [6, 6.07) is 13.6. The highest BCUT2D eigenvalue weighted by Gasteiger charge is 2.05. The third-order valence-electron chi connectivity index (χ3n) is 2.75. The monoisotopic (exact) mass is 370 g/mol. The zero-order chi connectivity index (χ0) is 13.7. The van der Waals surface area contributed by atoms with Crippen LogP contribution in [0.4, 0.5) is 0 Å². The molecule has 0 radical (unpaired) electrons. The van der Waals surface area contributed by atoms with Crippen molar-refractivity contribution in [2.24, 2.45) is 0 Å². The number of benzene rings is 2. The Morgan fingerprint density at radius 1 is 1.11 bits per heavy atom. The van der Waals surface area contributed by atoms with E-state index in [1.54, 1.807) is 13.2 Å². The van der Waals surface area contributed by atoms with Crippen LogP contribution in [0.1, 0.15) is 11.1 Å². The highest BCUT2D eigenvalue weighted by atomic mass is 127. The average Bonchev–Trinajstić information content (AvgIpc) is 2.46. The lowest BCUT2D eigenvalue weighted by Crippen LogP contribution is -1.99. The number of hydrogen-bond acceptors (Lipinski definition) is 3. The summed E-state index contributed by atoms with van der Waals surface area (Å²) in [6.07, 6.45) is 0. The molecule has 0 aliphatic heterocycles. The van der Waals surface area contributed by atoms with Crippen LogP contribution < -0.4 is 9.47 Å². The van der Waals surface area contributed by atoms with Crippen molar-refractivity contribution in [3.05, 3.63) is 57.2 Å². The van der Waals surface area contributed by atoms with Crippen molar-refractivity contribution in [3.8, 4) is 11.5 Å². The summed E-state index contributed by atoms with van der Waals surface area (Å²) in [6.45, 7) is 0.412. The lowest BCUT2D eigenvalue weighted by atomic mass is 10.2. The van der Waals surface area contributed by atoms with Crippen molar-refractivity contribution in [1.82, 2.24) is 0 Å². The molecule has 19 heavy (non-hydrogen) atoms. The minimum Gasteiger partial charge on any atom is -0.497 e. The van der Waals surface area contributed by atoms with Crippen LogP contribution in [-0.4, -0.2) is 12.2 Å². The summed E-state index contributed by atoms with van der Waals surface area (Å²) in [4.78, 5) is 0. The van der Waals surface area contributed by atoms with Crippen LogP contribution in [0.3, 0.4) is 0 Å². The van der Waals surface area contributed by atoms with E-state index in [-0.39, 0.29) is 6.61 Å². The Morgan fingerprint density at radius 3 is 2.47 bits per heavy atom. The summed E-state index contributed by atoms with van der Waals surface area (Å²) in [7, 11) is 1.60. The number of ether oxygens (including phenoxy) is 2. The molecule has 1 N–H and O–H groups in total. The van der Waals surface area contributed by atoms with E-state index in [0.29, 0.717) is 18.1 Å². The zero-order valence-corrected chi connectivity index (χ0v) is 12.8. The van der Waals surface area contributed by atoms with Gasteiger partial charge in [0.25, 0.3) is 0 Å². The number of methoxy groups -OCH3 is 1. The first-order chi connectivity index (χ1) is 9.22. The summed E-state index contributed by atoms with van der Waals surface area (Å²) >= 11 is 2.27. The van der Waals surface area contributed by atoms with E-state index in [1.165, 1.54) is 3.57 Å². The number of hydrogen-bond donors (Lipinski definition) is 1. The Kier molecular flexibility index (Phi) is 5.04. The van der Waals surface area contributed by atoms with Gasteiger partial charge in [0.1, 0.15) is 18.1 Å². The molecule has 0 unspecified atom stereocenters. The molecule has 0 aromatic heterocycles. The normalized spacial score (nSPS) is 10.3. The quantitative estimate of drug-likeness (QED) is 0.821. The van der Waals surface area contributed by atoms with Gasteiger partial charge in [-0.25, -0.2) is 0 Å². The second-order valence-corrected chi connectivity index (χ2v) is 5.29. The molecule has 0 spiro atoms. The highest BCUT2D eigenvalue weighted by molar-refractivity contribution is 14.1. The molecule has 3 nitrogen and oxygen atoms in total. The van der Waals surface area contributed by atoms with E-state index in [1.807, 2.05) is 36.4 Å². The third kappa shape index (κ3) is 3.84. The topological polar surface area (TPSA) is 38.7 Å². The van der Waals surface area contributed by atoms with Gasteiger partial charge in [-0.15, -0.1) is 0 Å². The number of rotatable bonds is 5. The van der Waals surface area contributed by atoms with Gasteiger partial charge >= 0.3 is 0 Å². The van der Waals surface area contributed by atoms with Gasteiger partial charge in [-0.05, 0) is 58.5 Å². The van der Waals surface area contributed by atoms with E-state index in [2.05, 4.69) is 22.6 Å². The molecule has 0 heterocycles. The predicted octanol–water partition coefficient (Wildman–Crippen LogP) is 3.37. The van der Waals surface area contributed by atoms with E-state index in [0.717, 1.165) is 11.1 Å². The molecule has 0 atom stereocenters. The molecule has 0 amide bonds. The van der Waals surface area contributed by atoms with Crippen molar-refractivity contribution in [2.75, 3.05) is 7.11 Å². The molecule has 2 rings (SSSR count). The summed E-state index contributed by atoms with van der Waals surface area (Å²) in [5.74, 6) is 1.40. The summed E-state index contributed by atoms with van der Waals surface area (Å²) in [5, 5.41) is 9.34. The van der Waals surface area contributed by atoms with Crippen LogP contribution in [0.25, 0.3) is 0 Å². The smallest absolute Gasteiger partial charge is 0.125 e. The SMILES string of the molecule is COc1ccc(OCc2ccc(I)cc2)c(CO)c1. The average molecular weight is 370 g/mol.